The number of carbonyl (C=O) groups is 1. The second-order valence-corrected chi connectivity index (χ2v) is 5.33. The molecule has 1 aromatic heterocycles. The molecule has 0 saturated heterocycles. The zero-order chi connectivity index (χ0) is 12.3. The smallest absolute Gasteiger partial charge is 0.255 e. The Labute approximate surface area is 106 Å². The van der Waals surface area contributed by atoms with E-state index >= 15 is 0 Å². The third kappa shape index (κ3) is 2.53. The molecule has 17 heavy (non-hydrogen) atoms. The van der Waals surface area contributed by atoms with Gasteiger partial charge in [-0.3, -0.25) is 4.79 Å². The summed E-state index contributed by atoms with van der Waals surface area (Å²) in [6.07, 6.45) is 4.60. The van der Waals surface area contributed by atoms with Gasteiger partial charge in [-0.15, -0.1) is 11.3 Å². The van der Waals surface area contributed by atoms with Gasteiger partial charge in [0.25, 0.3) is 5.91 Å². The summed E-state index contributed by atoms with van der Waals surface area (Å²) < 4.78 is 0. The van der Waals surface area contributed by atoms with Gasteiger partial charge in [0.2, 0.25) is 0 Å². The number of hydrogen-bond acceptors (Lipinski definition) is 3. The molecule has 3 nitrogen and oxygen atoms in total. The standard InChI is InChI=1S/C13H19NO2S/c1-2-14(7-8-15)13(16)11-9-17-12-6-4-3-5-10(11)12/h9,15H,2-8H2,1H3. The Bertz CT molecular complexity index is 400. The molecule has 1 heterocycles. The molecule has 1 aliphatic carbocycles. The first kappa shape index (κ1) is 12.6. The minimum atomic E-state index is 0.0336. The fourth-order valence-corrected chi connectivity index (χ4v) is 3.49. The number of carbonyl (C=O) groups excluding carboxylic acids is 1. The molecule has 0 bridgehead atoms. The van der Waals surface area contributed by atoms with E-state index in [1.165, 1.54) is 23.3 Å². The molecular weight excluding hydrogens is 234 g/mol. The van der Waals surface area contributed by atoms with Crippen molar-refractivity contribution in [3.05, 3.63) is 21.4 Å². The molecule has 0 saturated carbocycles. The van der Waals surface area contributed by atoms with Crippen molar-refractivity contribution in [3.63, 3.8) is 0 Å². The third-order valence-corrected chi connectivity index (χ3v) is 4.42. The van der Waals surface area contributed by atoms with Crippen molar-refractivity contribution in [2.45, 2.75) is 32.6 Å². The fraction of sp³-hybridized carbons (Fsp3) is 0.615. The molecule has 2 rings (SSSR count). The van der Waals surface area contributed by atoms with Gasteiger partial charge in [0, 0.05) is 23.3 Å². The van der Waals surface area contributed by atoms with Crippen LogP contribution in [0.3, 0.4) is 0 Å². The lowest BCUT2D eigenvalue weighted by molar-refractivity contribution is 0.0731. The molecule has 1 N–H and O–H groups in total. The zero-order valence-electron chi connectivity index (χ0n) is 10.2. The molecule has 94 valence electrons. The minimum Gasteiger partial charge on any atom is -0.395 e. The third-order valence-electron chi connectivity index (χ3n) is 3.33. The molecular formula is C13H19NO2S. The summed E-state index contributed by atoms with van der Waals surface area (Å²) in [7, 11) is 0. The van der Waals surface area contributed by atoms with E-state index in [1.54, 1.807) is 16.2 Å². The van der Waals surface area contributed by atoms with Gasteiger partial charge in [0.15, 0.2) is 0 Å². The highest BCUT2D eigenvalue weighted by molar-refractivity contribution is 7.10. The predicted molar refractivity (Wildman–Crippen MR) is 69.6 cm³/mol. The summed E-state index contributed by atoms with van der Waals surface area (Å²) in [4.78, 5) is 15.4. The summed E-state index contributed by atoms with van der Waals surface area (Å²) in [5.74, 6) is 0.0842. The highest BCUT2D eigenvalue weighted by atomic mass is 32.1. The molecule has 0 aliphatic heterocycles. The molecule has 0 unspecified atom stereocenters. The molecule has 4 heteroatoms. The molecule has 0 aromatic carbocycles. The van der Waals surface area contributed by atoms with E-state index in [4.69, 9.17) is 5.11 Å². The van der Waals surface area contributed by atoms with Crippen molar-refractivity contribution >= 4 is 17.2 Å². The maximum absolute atomic E-state index is 12.3. The topological polar surface area (TPSA) is 40.5 Å². The Balaban J connectivity index is 2.21. The summed E-state index contributed by atoms with van der Waals surface area (Å²) in [5, 5.41) is 11.0. The largest absolute Gasteiger partial charge is 0.395 e. The van der Waals surface area contributed by atoms with Crippen molar-refractivity contribution in [1.82, 2.24) is 4.90 Å². The average molecular weight is 253 g/mol. The van der Waals surface area contributed by atoms with Crippen LogP contribution in [-0.4, -0.2) is 35.6 Å². The Hall–Kier alpha value is -0.870. The van der Waals surface area contributed by atoms with Gasteiger partial charge >= 0.3 is 0 Å². The van der Waals surface area contributed by atoms with Gasteiger partial charge in [0.1, 0.15) is 0 Å². The normalized spacial score (nSPS) is 14.5. The van der Waals surface area contributed by atoms with E-state index in [0.29, 0.717) is 13.1 Å². The number of amides is 1. The SMILES string of the molecule is CCN(CCO)C(=O)c1csc2c1CCCC2. The lowest BCUT2D eigenvalue weighted by Gasteiger charge is -2.21. The van der Waals surface area contributed by atoms with Crippen molar-refractivity contribution in [1.29, 1.82) is 0 Å². The van der Waals surface area contributed by atoms with Crippen molar-refractivity contribution in [3.8, 4) is 0 Å². The van der Waals surface area contributed by atoms with E-state index in [0.717, 1.165) is 18.4 Å². The summed E-state index contributed by atoms with van der Waals surface area (Å²) in [5.41, 5.74) is 2.14. The molecule has 1 amide bonds. The molecule has 0 radical (unpaired) electrons. The van der Waals surface area contributed by atoms with Gasteiger partial charge < -0.3 is 10.0 Å². The van der Waals surface area contributed by atoms with Crippen LogP contribution in [0.5, 0.6) is 0 Å². The van der Waals surface area contributed by atoms with E-state index in [2.05, 4.69) is 0 Å². The number of hydrogen-bond donors (Lipinski definition) is 1. The van der Waals surface area contributed by atoms with Gasteiger partial charge in [-0.25, -0.2) is 0 Å². The first-order valence-corrected chi connectivity index (χ1v) is 7.15. The van der Waals surface area contributed by atoms with E-state index < -0.39 is 0 Å². The molecule has 0 spiro atoms. The molecule has 1 aliphatic rings. The lowest BCUT2D eigenvalue weighted by atomic mass is 9.95. The lowest BCUT2D eigenvalue weighted by Crippen LogP contribution is -2.33. The van der Waals surface area contributed by atoms with Crippen LogP contribution in [0.1, 0.15) is 40.6 Å². The van der Waals surface area contributed by atoms with Gasteiger partial charge in [0.05, 0.1) is 12.2 Å². The number of thiophene rings is 1. The second-order valence-electron chi connectivity index (χ2n) is 4.37. The summed E-state index contributed by atoms with van der Waals surface area (Å²) >= 11 is 1.72. The number of aryl methyl sites for hydroxylation is 1. The number of fused-ring (bicyclic) bond motifs is 1. The maximum Gasteiger partial charge on any atom is 0.255 e. The molecule has 0 atom stereocenters. The zero-order valence-corrected chi connectivity index (χ0v) is 11.1. The monoisotopic (exact) mass is 253 g/mol. The number of likely N-dealkylation sites (N-methyl/N-ethyl adjacent to an activating group) is 1. The predicted octanol–water partition coefficient (Wildman–Crippen LogP) is 2.08. The first-order valence-electron chi connectivity index (χ1n) is 6.27. The van der Waals surface area contributed by atoms with Crippen LogP contribution >= 0.6 is 11.3 Å². The highest BCUT2D eigenvalue weighted by Crippen LogP contribution is 2.30. The minimum absolute atomic E-state index is 0.0336. The van der Waals surface area contributed by atoms with Crippen LogP contribution in [0.4, 0.5) is 0 Å². The van der Waals surface area contributed by atoms with Crippen LogP contribution in [0.2, 0.25) is 0 Å². The van der Waals surface area contributed by atoms with Crippen molar-refractivity contribution in [2.24, 2.45) is 0 Å². The number of nitrogens with zero attached hydrogens (tertiary/aromatic N) is 1. The van der Waals surface area contributed by atoms with E-state index in [1.807, 2.05) is 12.3 Å². The summed E-state index contributed by atoms with van der Waals surface area (Å²) in [6, 6.07) is 0. The Kier molecular flexibility index (Phi) is 4.18. The van der Waals surface area contributed by atoms with E-state index in [9.17, 15) is 4.79 Å². The Morgan fingerprint density at radius 3 is 2.94 bits per heavy atom. The average Bonchev–Trinajstić information content (AvgIpc) is 2.79. The van der Waals surface area contributed by atoms with Crippen LogP contribution in [-0.2, 0) is 12.8 Å². The van der Waals surface area contributed by atoms with Gasteiger partial charge in [-0.1, -0.05) is 0 Å². The van der Waals surface area contributed by atoms with E-state index in [-0.39, 0.29) is 12.5 Å². The fourth-order valence-electron chi connectivity index (χ4n) is 2.37. The maximum atomic E-state index is 12.3. The van der Waals surface area contributed by atoms with Gasteiger partial charge in [-0.05, 0) is 38.2 Å². The van der Waals surface area contributed by atoms with Crippen LogP contribution in [0.25, 0.3) is 0 Å². The van der Waals surface area contributed by atoms with Crippen LogP contribution in [0.15, 0.2) is 5.38 Å². The molecule has 0 fully saturated rings. The van der Waals surface area contributed by atoms with Crippen LogP contribution in [0, 0.1) is 0 Å². The second kappa shape index (κ2) is 5.65. The number of aliphatic hydroxyl groups is 1. The number of rotatable bonds is 4. The highest BCUT2D eigenvalue weighted by Gasteiger charge is 2.22. The molecule has 1 aromatic rings. The number of aliphatic hydroxyl groups excluding tert-OH is 1. The first-order chi connectivity index (χ1) is 8.27. The van der Waals surface area contributed by atoms with Crippen molar-refractivity contribution < 1.29 is 9.90 Å². The summed E-state index contributed by atoms with van der Waals surface area (Å²) in [6.45, 7) is 3.07. The van der Waals surface area contributed by atoms with Gasteiger partial charge in [-0.2, -0.15) is 0 Å². The van der Waals surface area contributed by atoms with Crippen molar-refractivity contribution in [2.75, 3.05) is 19.7 Å². The Morgan fingerprint density at radius 2 is 2.24 bits per heavy atom. The van der Waals surface area contributed by atoms with Crippen LogP contribution < -0.4 is 0 Å². The quantitative estimate of drug-likeness (QED) is 0.892. The Morgan fingerprint density at radius 1 is 1.47 bits per heavy atom.